The van der Waals surface area contributed by atoms with Crippen LogP contribution in [0, 0.1) is 6.92 Å². The Morgan fingerprint density at radius 1 is 1.05 bits per heavy atom. The fraction of sp³-hybridized carbons (Fsp3) is 0.235. The van der Waals surface area contributed by atoms with Crippen molar-refractivity contribution < 1.29 is 9.90 Å². The van der Waals surface area contributed by atoms with E-state index in [-0.39, 0.29) is 0 Å². The molecule has 1 N–H and O–H groups in total. The van der Waals surface area contributed by atoms with Gasteiger partial charge in [-0.05, 0) is 29.2 Å². The zero-order valence-electron chi connectivity index (χ0n) is 11.4. The molecular weight excluding hydrogens is 250 g/mol. The van der Waals surface area contributed by atoms with Gasteiger partial charge in [0.25, 0.3) is 0 Å². The van der Waals surface area contributed by atoms with Gasteiger partial charge in [0, 0.05) is 19.0 Å². The van der Waals surface area contributed by atoms with E-state index in [1.54, 1.807) is 0 Å². The first-order valence-electron chi connectivity index (χ1n) is 6.79. The molecule has 0 aromatic heterocycles. The largest absolute Gasteiger partial charge is 0.465 e. The standard InChI is InChI=1S/C17H17NO2/c1-12-6-2-3-7-14(12)16-9-5-4-8-15(16)13-10-18(11-13)17(19)20/h2-9,13H,10-11H2,1H3,(H,19,20). The van der Waals surface area contributed by atoms with E-state index in [1.165, 1.54) is 27.2 Å². The Bertz CT molecular complexity index is 645. The molecular formula is C17H17NO2. The third-order valence-electron chi connectivity index (χ3n) is 3.99. The molecule has 0 atom stereocenters. The van der Waals surface area contributed by atoms with Gasteiger partial charge >= 0.3 is 6.09 Å². The van der Waals surface area contributed by atoms with E-state index in [1.807, 2.05) is 24.3 Å². The van der Waals surface area contributed by atoms with Crippen molar-refractivity contribution in [1.82, 2.24) is 4.90 Å². The van der Waals surface area contributed by atoms with Gasteiger partial charge in [0.15, 0.2) is 0 Å². The molecule has 2 aromatic carbocycles. The Hall–Kier alpha value is -2.29. The quantitative estimate of drug-likeness (QED) is 0.900. The fourth-order valence-corrected chi connectivity index (χ4v) is 2.80. The van der Waals surface area contributed by atoms with Crippen LogP contribution in [0.4, 0.5) is 4.79 Å². The Kier molecular flexibility index (Phi) is 3.18. The topological polar surface area (TPSA) is 40.5 Å². The molecule has 20 heavy (non-hydrogen) atoms. The molecule has 102 valence electrons. The third kappa shape index (κ3) is 2.16. The number of carboxylic acid groups (broad SMARTS) is 1. The fourth-order valence-electron chi connectivity index (χ4n) is 2.80. The molecule has 1 fully saturated rings. The summed E-state index contributed by atoms with van der Waals surface area (Å²) in [5.41, 5.74) is 4.95. The molecule has 1 heterocycles. The van der Waals surface area contributed by atoms with Gasteiger partial charge in [-0.3, -0.25) is 0 Å². The van der Waals surface area contributed by atoms with Gasteiger partial charge in [-0.2, -0.15) is 0 Å². The summed E-state index contributed by atoms with van der Waals surface area (Å²) < 4.78 is 0. The Balaban J connectivity index is 1.94. The monoisotopic (exact) mass is 267 g/mol. The number of hydrogen-bond acceptors (Lipinski definition) is 1. The maximum atomic E-state index is 10.9. The summed E-state index contributed by atoms with van der Waals surface area (Å²) in [6.07, 6.45) is -0.824. The molecule has 0 aliphatic carbocycles. The van der Waals surface area contributed by atoms with E-state index in [9.17, 15) is 4.79 Å². The van der Waals surface area contributed by atoms with Gasteiger partial charge in [0.2, 0.25) is 0 Å². The maximum absolute atomic E-state index is 10.9. The molecule has 0 bridgehead atoms. The molecule has 2 aromatic rings. The minimum absolute atomic E-state index is 0.307. The highest BCUT2D eigenvalue weighted by Crippen LogP contribution is 2.35. The van der Waals surface area contributed by atoms with Crippen LogP contribution in [0.25, 0.3) is 11.1 Å². The lowest BCUT2D eigenvalue weighted by Gasteiger charge is -2.38. The van der Waals surface area contributed by atoms with Crippen LogP contribution >= 0.6 is 0 Å². The highest BCUT2D eigenvalue weighted by Gasteiger charge is 2.32. The third-order valence-corrected chi connectivity index (χ3v) is 3.99. The van der Waals surface area contributed by atoms with E-state index in [0.717, 1.165) is 0 Å². The first-order valence-corrected chi connectivity index (χ1v) is 6.79. The molecule has 3 rings (SSSR count). The van der Waals surface area contributed by atoms with Crippen molar-refractivity contribution in [2.45, 2.75) is 12.8 Å². The molecule has 0 spiro atoms. The second-order valence-corrected chi connectivity index (χ2v) is 5.29. The second kappa shape index (κ2) is 5.00. The van der Waals surface area contributed by atoms with Gasteiger partial charge in [-0.15, -0.1) is 0 Å². The number of carbonyl (C=O) groups is 1. The van der Waals surface area contributed by atoms with Gasteiger partial charge in [0.05, 0.1) is 0 Å². The molecule has 1 amide bonds. The summed E-state index contributed by atoms with van der Waals surface area (Å²) in [7, 11) is 0. The molecule has 0 unspecified atom stereocenters. The number of aryl methyl sites for hydroxylation is 1. The lowest BCUT2D eigenvalue weighted by atomic mass is 9.85. The number of benzene rings is 2. The van der Waals surface area contributed by atoms with Gasteiger partial charge in [-0.25, -0.2) is 4.79 Å². The van der Waals surface area contributed by atoms with Crippen LogP contribution < -0.4 is 0 Å². The number of rotatable bonds is 2. The minimum Gasteiger partial charge on any atom is -0.465 e. The Morgan fingerprint density at radius 3 is 2.30 bits per heavy atom. The van der Waals surface area contributed by atoms with Crippen molar-refractivity contribution in [1.29, 1.82) is 0 Å². The lowest BCUT2D eigenvalue weighted by molar-refractivity contribution is 0.105. The van der Waals surface area contributed by atoms with Crippen LogP contribution in [0.2, 0.25) is 0 Å². The molecule has 3 heteroatoms. The van der Waals surface area contributed by atoms with Crippen molar-refractivity contribution in [3.8, 4) is 11.1 Å². The highest BCUT2D eigenvalue weighted by molar-refractivity contribution is 5.72. The van der Waals surface area contributed by atoms with Crippen molar-refractivity contribution >= 4 is 6.09 Å². The van der Waals surface area contributed by atoms with E-state index >= 15 is 0 Å². The SMILES string of the molecule is Cc1ccccc1-c1ccccc1C1CN(C(=O)O)C1. The van der Waals surface area contributed by atoms with Gasteiger partial charge in [-0.1, -0.05) is 48.5 Å². The van der Waals surface area contributed by atoms with Crippen LogP contribution in [0.5, 0.6) is 0 Å². The van der Waals surface area contributed by atoms with E-state index < -0.39 is 6.09 Å². The molecule has 1 aliphatic heterocycles. The van der Waals surface area contributed by atoms with Crippen molar-refractivity contribution in [2.75, 3.05) is 13.1 Å². The maximum Gasteiger partial charge on any atom is 0.407 e. The number of amides is 1. The predicted octanol–water partition coefficient (Wildman–Crippen LogP) is 3.74. The summed E-state index contributed by atoms with van der Waals surface area (Å²) in [6.45, 7) is 3.30. The second-order valence-electron chi connectivity index (χ2n) is 5.29. The average Bonchev–Trinajstić information content (AvgIpc) is 2.38. The van der Waals surface area contributed by atoms with E-state index in [4.69, 9.17) is 5.11 Å². The summed E-state index contributed by atoms with van der Waals surface area (Å²) in [4.78, 5) is 12.4. The van der Waals surface area contributed by atoms with Gasteiger partial charge in [0.1, 0.15) is 0 Å². The van der Waals surface area contributed by atoms with Crippen LogP contribution in [-0.2, 0) is 0 Å². The van der Waals surface area contributed by atoms with Crippen LogP contribution in [0.1, 0.15) is 17.0 Å². The molecule has 1 saturated heterocycles. The van der Waals surface area contributed by atoms with Crippen molar-refractivity contribution in [3.05, 3.63) is 59.7 Å². The van der Waals surface area contributed by atoms with E-state index in [2.05, 4.69) is 31.2 Å². The number of likely N-dealkylation sites (tertiary alicyclic amines) is 1. The van der Waals surface area contributed by atoms with Crippen molar-refractivity contribution in [3.63, 3.8) is 0 Å². The smallest absolute Gasteiger partial charge is 0.407 e. The van der Waals surface area contributed by atoms with Crippen LogP contribution in [-0.4, -0.2) is 29.2 Å². The molecule has 3 nitrogen and oxygen atoms in total. The van der Waals surface area contributed by atoms with Crippen LogP contribution in [0.15, 0.2) is 48.5 Å². The van der Waals surface area contributed by atoms with E-state index in [0.29, 0.717) is 19.0 Å². The summed E-state index contributed by atoms with van der Waals surface area (Å²) in [6, 6.07) is 16.6. The first kappa shape index (κ1) is 12.7. The van der Waals surface area contributed by atoms with Gasteiger partial charge < -0.3 is 10.0 Å². The minimum atomic E-state index is -0.824. The number of hydrogen-bond donors (Lipinski definition) is 1. The zero-order chi connectivity index (χ0) is 14.1. The summed E-state index contributed by atoms with van der Waals surface area (Å²) >= 11 is 0. The normalized spacial score (nSPS) is 14.9. The predicted molar refractivity (Wildman–Crippen MR) is 79.0 cm³/mol. The Morgan fingerprint density at radius 2 is 1.65 bits per heavy atom. The zero-order valence-corrected chi connectivity index (χ0v) is 11.4. The lowest BCUT2D eigenvalue weighted by Crippen LogP contribution is -2.47. The number of nitrogens with zero attached hydrogens (tertiary/aromatic N) is 1. The molecule has 1 aliphatic rings. The highest BCUT2D eigenvalue weighted by atomic mass is 16.4. The molecule has 0 saturated carbocycles. The Labute approximate surface area is 118 Å². The summed E-state index contributed by atoms with van der Waals surface area (Å²) in [5, 5.41) is 8.95. The first-order chi connectivity index (χ1) is 9.66. The average molecular weight is 267 g/mol. The van der Waals surface area contributed by atoms with Crippen LogP contribution in [0.3, 0.4) is 0 Å². The summed E-state index contributed by atoms with van der Waals surface area (Å²) in [5.74, 6) is 0.307. The van der Waals surface area contributed by atoms with Crippen molar-refractivity contribution in [2.24, 2.45) is 0 Å². The molecule has 0 radical (unpaired) electrons.